The zero-order valence-corrected chi connectivity index (χ0v) is 17.6. The molecular weight excluding hydrogens is 422 g/mol. The molecule has 1 atom stereocenters. The van der Waals surface area contributed by atoms with Crippen molar-refractivity contribution in [2.75, 3.05) is 20.2 Å². The summed E-state index contributed by atoms with van der Waals surface area (Å²) in [7, 11) is 1.30. The molecular formula is C23H24F2N2O5. The Hall–Kier alpha value is -3.49. The number of benzene rings is 2. The third kappa shape index (κ3) is 5.81. The van der Waals surface area contributed by atoms with Gasteiger partial charge in [-0.3, -0.25) is 9.59 Å². The first kappa shape index (κ1) is 23.2. The summed E-state index contributed by atoms with van der Waals surface area (Å²) < 4.78 is 34.4. The van der Waals surface area contributed by atoms with E-state index in [1.54, 1.807) is 30.3 Å². The van der Waals surface area contributed by atoms with Crippen molar-refractivity contribution in [3.8, 4) is 5.75 Å². The molecule has 2 amide bonds. The van der Waals surface area contributed by atoms with E-state index in [2.05, 4.69) is 14.8 Å². The van der Waals surface area contributed by atoms with Gasteiger partial charge in [0.15, 0.2) is 0 Å². The molecule has 1 unspecified atom stereocenters. The van der Waals surface area contributed by atoms with Gasteiger partial charge in [-0.1, -0.05) is 24.3 Å². The van der Waals surface area contributed by atoms with Crippen molar-refractivity contribution < 1.29 is 32.6 Å². The summed E-state index contributed by atoms with van der Waals surface area (Å²) in [5.74, 6) is -1.68. The molecule has 170 valence electrons. The molecule has 7 nitrogen and oxygen atoms in total. The number of para-hydroxylation sites is 1. The molecule has 1 N–H and O–H groups in total. The van der Waals surface area contributed by atoms with Crippen LogP contribution in [0.4, 0.5) is 8.78 Å². The van der Waals surface area contributed by atoms with Crippen molar-refractivity contribution in [3.63, 3.8) is 0 Å². The normalized spacial score (nSPS) is 15.9. The van der Waals surface area contributed by atoms with Gasteiger partial charge >= 0.3 is 12.6 Å². The van der Waals surface area contributed by atoms with Crippen LogP contribution in [0.15, 0.2) is 48.5 Å². The Bertz CT molecular complexity index is 965. The fourth-order valence-corrected chi connectivity index (χ4v) is 3.60. The van der Waals surface area contributed by atoms with Gasteiger partial charge in [0.1, 0.15) is 5.75 Å². The first-order valence-corrected chi connectivity index (χ1v) is 10.2. The van der Waals surface area contributed by atoms with Crippen LogP contribution in [0.2, 0.25) is 0 Å². The first-order chi connectivity index (χ1) is 15.4. The highest BCUT2D eigenvalue weighted by atomic mass is 19.3. The van der Waals surface area contributed by atoms with E-state index in [0.717, 1.165) is 5.56 Å². The van der Waals surface area contributed by atoms with Crippen molar-refractivity contribution in [3.05, 3.63) is 65.2 Å². The number of methoxy groups -OCH3 is 1. The maximum Gasteiger partial charge on any atom is 0.387 e. The molecule has 9 heteroatoms. The molecule has 1 aliphatic heterocycles. The summed E-state index contributed by atoms with van der Waals surface area (Å²) in [6.07, 6.45) is 1.24. The lowest BCUT2D eigenvalue weighted by Gasteiger charge is -2.32. The number of rotatable bonds is 7. The Morgan fingerprint density at radius 1 is 1.12 bits per heavy atom. The number of amides is 2. The number of nitrogens with zero attached hydrogens (tertiary/aromatic N) is 1. The quantitative estimate of drug-likeness (QED) is 0.660. The number of piperidine rings is 1. The van der Waals surface area contributed by atoms with Crippen molar-refractivity contribution in [1.29, 1.82) is 0 Å². The van der Waals surface area contributed by atoms with Crippen LogP contribution >= 0.6 is 0 Å². The predicted octanol–water partition coefficient (Wildman–Crippen LogP) is 3.24. The summed E-state index contributed by atoms with van der Waals surface area (Å²) >= 11 is 0. The average Bonchev–Trinajstić information content (AvgIpc) is 2.82. The monoisotopic (exact) mass is 446 g/mol. The topological polar surface area (TPSA) is 84.9 Å². The fourth-order valence-electron chi connectivity index (χ4n) is 3.60. The predicted molar refractivity (Wildman–Crippen MR) is 111 cm³/mol. The van der Waals surface area contributed by atoms with Gasteiger partial charge in [-0.25, -0.2) is 4.79 Å². The van der Waals surface area contributed by atoms with Gasteiger partial charge in [0.25, 0.3) is 5.91 Å². The number of halogens is 2. The van der Waals surface area contributed by atoms with Crippen molar-refractivity contribution in [2.24, 2.45) is 5.92 Å². The SMILES string of the molecule is COC(=O)c1ccc(CNC(=O)C2CCCN(C(=O)c3ccccc3OC(F)F)C2)cc1. The number of carbonyl (C=O) groups excluding carboxylic acids is 3. The van der Waals surface area contributed by atoms with Crippen LogP contribution in [0.25, 0.3) is 0 Å². The summed E-state index contributed by atoms with van der Waals surface area (Å²) in [5.41, 5.74) is 1.27. The second kappa shape index (κ2) is 10.7. The molecule has 0 radical (unpaired) electrons. The van der Waals surface area contributed by atoms with Gasteiger partial charge in [-0.05, 0) is 42.7 Å². The highest BCUT2D eigenvalue weighted by Crippen LogP contribution is 2.25. The minimum absolute atomic E-state index is 0.0413. The average molecular weight is 446 g/mol. The standard InChI is InChI=1S/C23H24F2N2O5/c1-31-22(30)16-10-8-15(9-11-16)13-26-20(28)17-5-4-12-27(14-17)21(29)18-6-2-3-7-19(18)32-23(24)25/h2-3,6-11,17,23H,4-5,12-14H2,1H3,(H,26,28). The maximum absolute atomic E-state index is 12.9. The first-order valence-electron chi connectivity index (χ1n) is 10.2. The molecule has 0 saturated carbocycles. The largest absolute Gasteiger partial charge is 0.465 e. The maximum atomic E-state index is 12.9. The summed E-state index contributed by atoms with van der Waals surface area (Å²) in [4.78, 5) is 38.5. The van der Waals surface area contributed by atoms with Gasteiger partial charge in [0.05, 0.1) is 24.2 Å². The van der Waals surface area contributed by atoms with Crippen LogP contribution in [-0.2, 0) is 16.1 Å². The number of likely N-dealkylation sites (tertiary alicyclic amines) is 1. The smallest absolute Gasteiger partial charge is 0.387 e. The molecule has 0 aromatic heterocycles. The molecule has 2 aromatic carbocycles. The molecule has 1 heterocycles. The lowest BCUT2D eigenvalue weighted by molar-refractivity contribution is -0.126. The number of carbonyl (C=O) groups is 3. The van der Waals surface area contributed by atoms with E-state index >= 15 is 0 Å². The third-order valence-electron chi connectivity index (χ3n) is 5.25. The third-order valence-corrected chi connectivity index (χ3v) is 5.25. The molecule has 1 aliphatic rings. The van der Waals surface area contributed by atoms with E-state index < -0.39 is 24.4 Å². The number of hydrogen-bond donors (Lipinski definition) is 1. The van der Waals surface area contributed by atoms with Crippen LogP contribution < -0.4 is 10.1 Å². The van der Waals surface area contributed by atoms with Gasteiger partial charge < -0.3 is 19.7 Å². The second-order valence-electron chi connectivity index (χ2n) is 7.37. The number of ether oxygens (including phenoxy) is 2. The van der Waals surface area contributed by atoms with Gasteiger partial charge in [0, 0.05) is 19.6 Å². The van der Waals surface area contributed by atoms with E-state index in [0.29, 0.717) is 24.9 Å². The van der Waals surface area contributed by atoms with E-state index in [1.807, 2.05) is 0 Å². The van der Waals surface area contributed by atoms with E-state index in [-0.39, 0.29) is 30.3 Å². The Morgan fingerprint density at radius 2 is 1.84 bits per heavy atom. The highest BCUT2D eigenvalue weighted by Gasteiger charge is 2.30. The van der Waals surface area contributed by atoms with Gasteiger partial charge in [0.2, 0.25) is 5.91 Å². The minimum Gasteiger partial charge on any atom is -0.465 e. The second-order valence-corrected chi connectivity index (χ2v) is 7.37. The summed E-state index contributed by atoms with van der Waals surface area (Å²) in [6, 6.07) is 12.5. The molecule has 1 saturated heterocycles. The molecule has 0 spiro atoms. The van der Waals surface area contributed by atoms with Crippen LogP contribution in [0.5, 0.6) is 5.75 Å². The Morgan fingerprint density at radius 3 is 2.53 bits per heavy atom. The van der Waals surface area contributed by atoms with Crippen molar-refractivity contribution in [1.82, 2.24) is 10.2 Å². The number of alkyl halides is 2. The zero-order valence-electron chi connectivity index (χ0n) is 17.6. The van der Waals surface area contributed by atoms with Crippen molar-refractivity contribution >= 4 is 17.8 Å². The van der Waals surface area contributed by atoms with E-state index in [9.17, 15) is 23.2 Å². The Kier molecular flexibility index (Phi) is 7.75. The zero-order chi connectivity index (χ0) is 23.1. The number of esters is 1. The molecule has 1 fully saturated rings. The molecule has 0 bridgehead atoms. The lowest BCUT2D eigenvalue weighted by Crippen LogP contribution is -2.45. The number of nitrogens with one attached hydrogen (secondary N) is 1. The van der Waals surface area contributed by atoms with Crippen LogP contribution in [0.1, 0.15) is 39.1 Å². The van der Waals surface area contributed by atoms with Crippen LogP contribution in [0.3, 0.4) is 0 Å². The Labute approximate surface area is 184 Å². The van der Waals surface area contributed by atoms with Crippen molar-refractivity contribution in [2.45, 2.75) is 26.0 Å². The number of hydrogen-bond acceptors (Lipinski definition) is 5. The summed E-state index contributed by atoms with van der Waals surface area (Å²) in [6.45, 7) is -2.14. The highest BCUT2D eigenvalue weighted by molar-refractivity contribution is 5.97. The molecule has 32 heavy (non-hydrogen) atoms. The minimum atomic E-state index is -3.04. The van der Waals surface area contributed by atoms with E-state index in [4.69, 9.17) is 0 Å². The van der Waals surface area contributed by atoms with E-state index in [1.165, 1.54) is 30.2 Å². The summed E-state index contributed by atoms with van der Waals surface area (Å²) in [5, 5.41) is 2.85. The van der Waals surface area contributed by atoms with Crippen LogP contribution in [0, 0.1) is 5.92 Å². The molecule has 2 aromatic rings. The fraction of sp³-hybridized carbons (Fsp3) is 0.348. The van der Waals surface area contributed by atoms with Crippen LogP contribution in [-0.4, -0.2) is 49.5 Å². The molecule has 3 rings (SSSR count). The van der Waals surface area contributed by atoms with Gasteiger partial charge in [-0.15, -0.1) is 0 Å². The van der Waals surface area contributed by atoms with Gasteiger partial charge in [-0.2, -0.15) is 8.78 Å². The Balaban J connectivity index is 1.59. The molecule has 0 aliphatic carbocycles. The lowest BCUT2D eigenvalue weighted by atomic mass is 9.96.